The second-order valence-corrected chi connectivity index (χ2v) is 9.26. The van der Waals surface area contributed by atoms with Gasteiger partial charge in [0.1, 0.15) is 5.75 Å². The molecular weight excluding hydrogens is 388 g/mol. The molecule has 1 unspecified atom stereocenters. The smallest absolute Gasteiger partial charge is 0.263 e. The van der Waals surface area contributed by atoms with E-state index in [1.807, 2.05) is 45.0 Å². The number of carbonyl (C=O) groups is 1. The molecule has 7 heteroatoms. The Balaban J connectivity index is 1.64. The first-order valence-electron chi connectivity index (χ1n) is 9.91. The Morgan fingerprint density at radius 1 is 1.00 bits per heavy atom. The molecule has 0 aliphatic carbocycles. The summed E-state index contributed by atoms with van der Waals surface area (Å²) in [5, 5.41) is 0. The lowest BCUT2D eigenvalue weighted by Gasteiger charge is -2.35. The van der Waals surface area contributed by atoms with Gasteiger partial charge in [-0.05, 0) is 44.0 Å². The third-order valence-electron chi connectivity index (χ3n) is 5.22. The largest absolute Gasteiger partial charge is 0.480 e. The first kappa shape index (κ1) is 21.3. The molecule has 1 saturated heterocycles. The van der Waals surface area contributed by atoms with Crippen LogP contribution in [0.2, 0.25) is 0 Å². The van der Waals surface area contributed by atoms with E-state index < -0.39 is 16.1 Å². The summed E-state index contributed by atoms with van der Waals surface area (Å²) in [7, 11) is -3.54. The zero-order valence-corrected chi connectivity index (χ0v) is 18.0. The van der Waals surface area contributed by atoms with E-state index in [1.165, 1.54) is 4.31 Å². The normalized spacial score (nSPS) is 16.4. The van der Waals surface area contributed by atoms with Crippen LogP contribution in [0.4, 0.5) is 0 Å². The van der Waals surface area contributed by atoms with Gasteiger partial charge in [0.25, 0.3) is 5.91 Å². The fourth-order valence-electron chi connectivity index (χ4n) is 3.36. The molecule has 0 radical (unpaired) electrons. The number of amides is 1. The number of rotatable bonds is 6. The Bertz CT molecular complexity index is 949. The van der Waals surface area contributed by atoms with Gasteiger partial charge in [-0.25, -0.2) is 8.42 Å². The minimum atomic E-state index is -3.54. The summed E-state index contributed by atoms with van der Waals surface area (Å²) in [6.07, 6.45) is -0.0222. The van der Waals surface area contributed by atoms with Gasteiger partial charge in [-0.2, -0.15) is 4.31 Å². The molecule has 0 N–H and O–H groups in total. The van der Waals surface area contributed by atoms with E-state index in [9.17, 15) is 13.2 Å². The van der Waals surface area contributed by atoms with Crippen molar-refractivity contribution in [3.05, 3.63) is 59.7 Å². The maximum atomic E-state index is 12.9. The van der Waals surface area contributed by atoms with E-state index in [0.29, 0.717) is 25.3 Å². The molecule has 0 saturated carbocycles. The number of hydrogen-bond acceptors (Lipinski definition) is 4. The maximum absolute atomic E-state index is 12.9. The number of piperazine rings is 1. The van der Waals surface area contributed by atoms with Crippen molar-refractivity contribution in [1.82, 2.24) is 9.21 Å². The van der Waals surface area contributed by atoms with Gasteiger partial charge in [0.15, 0.2) is 6.10 Å². The fraction of sp³-hybridized carbons (Fsp3) is 0.409. The number of para-hydroxylation sites is 1. The van der Waals surface area contributed by atoms with E-state index >= 15 is 0 Å². The Morgan fingerprint density at radius 2 is 1.62 bits per heavy atom. The molecular formula is C22H28N2O4S. The van der Waals surface area contributed by atoms with Crippen LogP contribution in [0.15, 0.2) is 53.4 Å². The third kappa shape index (κ3) is 4.79. The fourth-order valence-corrected chi connectivity index (χ4v) is 4.78. The number of hydrogen-bond donors (Lipinski definition) is 0. The van der Waals surface area contributed by atoms with E-state index in [4.69, 9.17) is 4.74 Å². The number of carbonyl (C=O) groups excluding carboxylic acids is 1. The minimum absolute atomic E-state index is 0.0943. The molecule has 1 aliphatic heterocycles. The van der Waals surface area contributed by atoms with Crippen LogP contribution in [0.1, 0.15) is 24.5 Å². The van der Waals surface area contributed by atoms with Crippen molar-refractivity contribution in [1.29, 1.82) is 0 Å². The molecule has 0 aromatic heterocycles. The Kier molecular flexibility index (Phi) is 6.59. The number of aryl methyl sites for hydroxylation is 2. The van der Waals surface area contributed by atoms with Crippen LogP contribution >= 0.6 is 0 Å². The van der Waals surface area contributed by atoms with Crippen LogP contribution < -0.4 is 4.74 Å². The highest BCUT2D eigenvalue weighted by Gasteiger charge is 2.32. The summed E-state index contributed by atoms with van der Waals surface area (Å²) in [4.78, 5) is 14.9. The van der Waals surface area contributed by atoms with E-state index in [0.717, 1.165) is 11.1 Å². The quantitative estimate of drug-likeness (QED) is 0.726. The molecule has 1 atom stereocenters. The summed E-state index contributed by atoms with van der Waals surface area (Å²) in [5.74, 6) is 0.608. The summed E-state index contributed by atoms with van der Waals surface area (Å²) in [6, 6.07) is 14.5. The SMILES string of the molecule is CCC(Oc1ccccc1C)C(=O)N1CCN(S(=O)(=O)c2ccc(C)cc2)CC1. The van der Waals surface area contributed by atoms with Crippen molar-refractivity contribution in [2.24, 2.45) is 0 Å². The lowest BCUT2D eigenvalue weighted by atomic mass is 10.2. The van der Waals surface area contributed by atoms with Crippen molar-refractivity contribution in [2.45, 2.75) is 38.2 Å². The summed E-state index contributed by atoms with van der Waals surface area (Å²) < 4.78 is 33.1. The first-order chi connectivity index (χ1) is 13.8. The molecule has 156 valence electrons. The molecule has 2 aromatic rings. The Morgan fingerprint density at radius 3 is 2.21 bits per heavy atom. The summed E-state index contributed by atoms with van der Waals surface area (Å²) in [6.45, 7) is 7.06. The molecule has 1 fully saturated rings. The monoisotopic (exact) mass is 416 g/mol. The zero-order valence-electron chi connectivity index (χ0n) is 17.2. The summed E-state index contributed by atoms with van der Waals surface area (Å²) >= 11 is 0. The van der Waals surface area contributed by atoms with Gasteiger partial charge in [0.05, 0.1) is 4.90 Å². The molecule has 0 bridgehead atoms. The second-order valence-electron chi connectivity index (χ2n) is 7.32. The maximum Gasteiger partial charge on any atom is 0.263 e. The highest BCUT2D eigenvalue weighted by atomic mass is 32.2. The number of nitrogens with zero attached hydrogens (tertiary/aromatic N) is 2. The van der Waals surface area contributed by atoms with Crippen molar-refractivity contribution in [2.75, 3.05) is 26.2 Å². The third-order valence-corrected chi connectivity index (χ3v) is 7.13. The van der Waals surface area contributed by atoms with E-state index in [1.54, 1.807) is 29.2 Å². The van der Waals surface area contributed by atoms with Crippen molar-refractivity contribution in [3.8, 4) is 5.75 Å². The van der Waals surface area contributed by atoms with Crippen LogP contribution in [0.25, 0.3) is 0 Å². The predicted molar refractivity (Wildman–Crippen MR) is 112 cm³/mol. The molecule has 29 heavy (non-hydrogen) atoms. The van der Waals surface area contributed by atoms with E-state index in [2.05, 4.69) is 0 Å². The molecule has 1 heterocycles. The van der Waals surface area contributed by atoms with Crippen molar-refractivity contribution >= 4 is 15.9 Å². The van der Waals surface area contributed by atoms with Crippen LogP contribution in [-0.4, -0.2) is 55.8 Å². The molecule has 2 aromatic carbocycles. The van der Waals surface area contributed by atoms with Gasteiger partial charge in [0.2, 0.25) is 10.0 Å². The molecule has 1 aliphatic rings. The van der Waals surface area contributed by atoms with Crippen LogP contribution in [-0.2, 0) is 14.8 Å². The first-order valence-corrected chi connectivity index (χ1v) is 11.3. The van der Waals surface area contributed by atoms with Gasteiger partial charge in [-0.1, -0.05) is 42.8 Å². The predicted octanol–water partition coefficient (Wildman–Crippen LogP) is 2.99. The van der Waals surface area contributed by atoms with Crippen LogP contribution in [0, 0.1) is 13.8 Å². The minimum Gasteiger partial charge on any atom is -0.480 e. The number of benzene rings is 2. The highest BCUT2D eigenvalue weighted by molar-refractivity contribution is 7.89. The van der Waals surface area contributed by atoms with Crippen LogP contribution in [0.5, 0.6) is 5.75 Å². The summed E-state index contributed by atoms with van der Waals surface area (Å²) in [5.41, 5.74) is 1.99. The Hall–Kier alpha value is -2.38. The van der Waals surface area contributed by atoms with Gasteiger partial charge in [-0.3, -0.25) is 4.79 Å². The average Bonchev–Trinajstić information content (AvgIpc) is 2.73. The van der Waals surface area contributed by atoms with Gasteiger partial charge < -0.3 is 9.64 Å². The van der Waals surface area contributed by atoms with Crippen LogP contribution in [0.3, 0.4) is 0 Å². The lowest BCUT2D eigenvalue weighted by molar-refractivity contribution is -0.140. The van der Waals surface area contributed by atoms with Crippen molar-refractivity contribution in [3.63, 3.8) is 0 Å². The lowest BCUT2D eigenvalue weighted by Crippen LogP contribution is -2.53. The Labute approximate surface area is 173 Å². The van der Waals surface area contributed by atoms with Gasteiger partial charge in [-0.15, -0.1) is 0 Å². The number of sulfonamides is 1. The topological polar surface area (TPSA) is 66.9 Å². The van der Waals surface area contributed by atoms with E-state index in [-0.39, 0.29) is 23.9 Å². The highest BCUT2D eigenvalue weighted by Crippen LogP contribution is 2.22. The zero-order chi connectivity index (χ0) is 21.0. The van der Waals surface area contributed by atoms with Gasteiger partial charge >= 0.3 is 0 Å². The molecule has 0 spiro atoms. The van der Waals surface area contributed by atoms with Gasteiger partial charge in [0, 0.05) is 26.2 Å². The number of ether oxygens (including phenoxy) is 1. The molecule has 3 rings (SSSR count). The second kappa shape index (κ2) is 8.97. The average molecular weight is 417 g/mol. The van der Waals surface area contributed by atoms with Crippen molar-refractivity contribution < 1.29 is 17.9 Å². The molecule has 6 nitrogen and oxygen atoms in total. The molecule has 1 amide bonds. The standard InChI is InChI=1S/C22H28N2O4S/c1-4-20(28-21-8-6-5-7-18(21)3)22(25)23-13-15-24(16-14-23)29(26,27)19-11-9-17(2)10-12-19/h5-12,20H,4,13-16H2,1-3H3.